The Balaban J connectivity index is 1.62. The molecular weight excluding hydrogens is 354 g/mol. The van der Waals surface area contributed by atoms with Gasteiger partial charge in [-0.3, -0.25) is 5.32 Å². The van der Waals surface area contributed by atoms with E-state index in [2.05, 4.69) is 47.7 Å². The molecule has 0 unspecified atom stereocenters. The molecule has 3 aromatic rings. The van der Waals surface area contributed by atoms with Gasteiger partial charge in [0.05, 0.1) is 5.69 Å². The molecule has 3 rings (SSSR count). The maximum absolute atomic E-state index is 12.0. The van der Waals surface area contributed by atoms with E-state index >= 15 is 0 Å². The summed E-state index contributed by atoms with van der Waals surface area (Å²) in [5, 5.41) is 8.79. The van der Waals surface area contributed by atoms with Gasteiger partial charge in [-0.15, -0.1) is 11.3 Å². The van der Waals surface area contributed by atoms with Crippen molar-refractivity contribution in [3.63, 3.8) is 0 Å². The van der Waals surface area contributed by atoms with Crippen LogP contribution in [0.25, 0.3) is 11.3 Å². The van der Waals surface area contributed by atoms with Crippen LogP contribution < -0.4 is 10.6 Å². The van der Waals surface area contributed by atoms with E-state index < -0.39 is 0 Å². The number of thiazole rings is 1. The summed E-state index contributed by atoms with van der Waals surface area (Å²) in [5.41, 5.74) is 5.29. The van der Waals surface area contributed by atoms with Crippen molar-refractivity contribution < 1.29 is 4.79 Å². The molecule has 0 radical (unpaired) electrons. The zero-order valence-electron chi connectivity index (χ0n) is 14.0. The van der Waals surface area contributed by atoms with Crippen molar-refractivity contribution in [1.82, 2.24) is 10.3 Å². The number of benzene rings is 2. The number of carbonyl (C=O) groups excluding carboxylic acids is 1. The van der Waals surface area contributed by atoms with Crippen LogP contribution in [0.15, 0.2) is 47.8 Å². The molecule has 1 heterocycles. The summed E-state index contributed by atoms with van der Waals surface area (Å²) in [6, 6.07) is 13.3. The Bertz CT molecular complexity index is 890. The smallest absolute Gasteiger partial charge is 0.321 e. The number of hydrogen-bond donors (Lipinski definition) is 2. The second-order valence-electron chi connectivity index (χ2n) is 5.79. The second-order valence-corrected chi connectivity index (χ2v) is 7.08. The lowest BCUT2D eigenvalue weighted by Crippen LogP contribution is -2.28. The Kier molecular flexibility index (Phi) is 5.36. The molecule has 128 valence electrons. The number of carbonyl (C=O) groups is 1. The fraction of sp³-hybridized carbons (Fsp3) is 0.158. The van der Waals surface area contributed by atoms with E-state index in [1.54, 1.807) is 12.1 Å². The molecule has 4 nitrogen and oxygen atoms in total. The molecule has 0 fully saturated rings. The van der Waals surface area contributed by atoms with Gasteiger partial charge in [0.15, 0.2) is 5.13 Å². The molecule has 2 N–H and O–H groups in total. The third-order valence-electron chi connectivity index (χ3n) is 3.76. The van der Waals surface area contributed by atoms with Crippen molar-refractivity contribution in [2.24, 2.45) is 0 Å². The fourth-order valence-electron chi connectivity index (χ4n) is 2.39. The van der Waals surface area contributed by atoms with Crippen LogP contribution in [-0.4, -0.2) is 11.0 Å². The SMILES string of the molecule is Cc1ccc(C)c(-c2csc(NC(=O)NCc3ccc(Cl)cc3)n2)c1. The molecule has 2 aromatic carbocycles. The highest BCUT2D eigenvalue weighted by Gasteiger charge is 2.10. The first kappa shape index (κ1) is 17.5. The molecule has 2 amide bonds. The van der Waals surface area contributed by atoms with Crippen LogP contribution in [0.1, 0.15) is 16.7 Å². The number of nitrogens with one attached hydrogen (secondary N) is 2. The van der Waals surface area contributed by atoms with Crippen LogP contribution in [0.4, 0.5) is 9.93 Å². The Hall–Kier alpha value is -2.37. The first-order valence-electron chi connectivity index (χ1n) is 7.84. The van der Waals surface area contributed by atoms with Gasteiger partial charge in [-0.2, -0.15) is 0 Å². The predicted molar refractivity (Wildman–Crippen MR) is 104 cm³/mol. The molecule has 0 aliphatic heterocycles. The number of anilines is 1. The van der Waals surface area contributed by atoms with Gasteiger partial charge in [0.2, 0.25) is 0 Å². The third-order valence-corrected chi connectivity index (χ3v) is 4.77. The lowest BCUT2D eigenvalue weighted by Gasteiger charge is -2.06. The lowest BCUT2D eigenvalue weighted by molar-refractivity contribution is 0.251. The summed E-state index contributed by atoms with van der Waals surface area (Å²) in [6.07, 6.45) is 0. The number of nitrogens with zero attached hydrogens (tertiary/aromatic N) is 1. The fourth-order valence-corrected chi connectivity index (χ4v) is 3.22. The van der Waals surface area contributed by atoms with Gasteiger partial charge in [0.25, 0.3) is 0 Å². The van der Waals surface area contributed by atoms with Crippen LogP contribution in [0.2, 0.25) is 5.02 Å². The maximum Gasteiger partial charge on any atom is 0.321 e. The van der Waals surface area contributed by atoms with Crippen LogP contribution in [0, 0.1) is 13.8 Å². The summed E-state index contributed by atoms with van der Waals surface area (Å²) in [5.74, 6) is 0. The third kappa shape index (κ3) is 4.59. The highest BCUT2D eigenvalue weighted by atomic mass is 35.5. The van der Waals surface area contributed by atoms with E-state index in [-0.39, 0.29) is 6.03 Å². The minimum Gasteiger partial charge on any atom is -0.334 e. The number of rotatable bonds is 4. The molecule has 0 aliphatic carbocycles. The zero-order chi connectivity index (χ0) is 17.8. The molecule has 25 heavy (non-hydrogen) atoms. The van der Waals surface area contributed by atoms with Gasteiger partial charge < -0.3 is 5.32 Å². The normalized spacial score (nSPS) is 10.5. The summed E-state index contributed by atoms with van der Waals surface area (Å²) >= 11 is 7.26. The average Bonchev–Trinajstić information content (AvgIpc) is 3.05. The van der Waals surface area contributed by atoms with Crippen LogP contribution in [0.5, 0.6) is 0 Å². The highest BCUT2D eigenvalue weighted by molar-refractivity contribution is 7.14. The molecule has 0 saturated carbocycles. The number of halogens is 1. The van der Waals surface area contributed by atoms with E-state index in [4.69, 9.17) is 11.6 Å². The van der Waals surface area contributed by atoms with Gasteiger partial charge >= 0.3 is 6.03 Å². The van der Waals surface area contributed by atoms with Gasteiger partial charge in [0.1, 0.15) is 0 Å². The average molecular weight is 372 g/mol. The van der Waals surface area contributed by atoms with Crippen molar-refractivity contribution in [3.05, 3.63) is 69.6 Å². The van der Waals surface area contributed by atoms with Crippen LogP contribution in [-0.2, 0) is 6.54 Å². The summed E-state index contributed by atoms with van der Waals surface area (Å²) in [7, 11) is 0. The molecule has 0 bridgehead atoms. The molecule has 6 heteroatoms. The van der Waals surface area contributed by atoms with E-state index in [9.17, 15) is 4.79 Å². The Labute approximate surface area is 155 Å². The first-order valence-corrected chi connectivity index (χ1v) is 9.09. The van der Waals surface area contributed by atoms with Gasteiger partial charge in [0, 0.05) is 22.5 Å². The summed E-state index contributed by atoms with van der Waals surface area (Å²) < 4.78 is 0. The van der Waals surface area contributed by atoms with Gasteiger partial charge in [-0.25, -0.2) is 9.78 Å². The van der Waals surface area contributed by atoms with E-state index in [0.717, 1.165) is 22.4 Å². The molecular formula is C19H18ClN3OS. The Morgan fingerprint density at radius 3 is 2.68 bits per heavy atom. The van der Waals surface area contributed by atoms with Crippen molar-refractivity contribution in [2.75, 3.05) is 5.32 Å². The number of urea groups is 1. The number of amides is 2. The predicted octanol–water partition coefficient (Wildman–Crippen LogP) is 5.40. The lowest BCUT2D eigenvalue weighted by atomic mass is 10.0. The number of aromatic nitrogens is 1. The van der Waals surface area contributed by atoms with Crippen molar-refractivity contribution >= 4 is 34.1 Å². The minimum atomic E-state index is -0.281. The topological polar surface area (TPSA) is 54.0 Å². The maximum atomic E-state index is 12.0. The van der Waals surface area contributed by atoms with Crippen molar-refractivity contribution in [3.8, 4) is 11.3 Å². The number of aryl methyl sites for hydroxylation is 2. The minimum absolute atomic E-state index is 0.281. The van der Waals surface area contributed by atoms with Crippen LogP contribution >= 0.6 is 22.9 Å². The summed E-state index contributed by atoms with van der Waals surface area (Å²) in [4.78, 5) is 16.6. The second kappa shape index (κ2) is 7.68. The summed E-state index contributed by atoms with van der Waals surface area (Å²) in [6.45, 7) is 4.54. The van der Waals surface area contributed by atoms with E-state index in [0.29, 0.717) is 16.7 Å². The van der Waals surface area contributed by atoms with Gasteiger partial charge in [-0.1, -0.05) is 41.4 Å². The molecule has 0 atom stereocenters. The molecule has 0 saturated heterocycles. The Morgan fingerprint density at radius 1 is 1.16 bits per heavy atom. The number of hydrogen-bond acceptors (Lipinski definition) is 3. The van der Waals surface area contributed by atoms with Gasteiger partial charge in [-0.05, 0) is 43.2 Å². The molecule has 0 spiro atoms. The van der Waals surface area contributed by atoms with E-state index in [1.165, 1.54) is 16.9 Å². The van der Waals surface area contributed by atoms with Crippen molar-refractivity contribution in [1.29, 1.82) is 0 Å². The first-order chi connectivity index (χ1) is 12.0. The highest BCUT2D eigenvalue weighted by Crippen LogP contribution is 2.28. The molecule has 1 aromatic heterocycles. The monoisotopic (exact) mass is 371 g/mol. The largest absolute Gasteiger partial charge is 0.334 e. The van der Waals surface area contributed by atoms with E-state index in [1.807, 2.05) is 17.5 Å². The van der Waals surface area contributed by atoms with Crippen molar-refractivity contribution in [2.45, 2.75) is 20.4 Å². The standard InChI is InChI=1S/C19H18ClN3OS/c1-12-3-4-13(2)16(9-12)17-11-25-19(22-17)23-18(24)21-10-14-5-7-15(20)8-6-14/h3-9,11H,10H2,1-2H3,(H2,21,22,23,24). The molecule has 0 aliphatic rings. The van der Waals surface area contributed by atoms with Crippen LogP contribution in [0.3, 0.4) is 0 Å². The zero-order valence-corrected chi connectivity index (χ0v) is 15.5. The quantitative estimate of drug-likeness (QED) is 0.644. The Morgan fingerprint density at radius 2 is 1.92 bits per heavy atom.